The van der Waals surface area contributed by atoms with Gasteiger partial charge in [0.2, 0.25) is 0 Å². The van der Waals surface area contributed by atoms with Crippen LogP contribution in [0.15, 0.2) is 40.4 Å². The number of fused-ring (bicyclic) bond motifs is 1. The number of hydrogen-bond donors (Lipinski definition) is 2. The van der Waals surface area contributed by atoms with Crippen LogP contribution in [0.25, 0.3) is 16.7 Å². The van der Waals surface area contributed by atoms with Crippen LogP contribution in [0.1, 0.15) is 37.7 Å². The Morgan fingerprint density at radius 2 is 1.94 bits per heavy atom. The summed E-state index contributed by atoms with van der Waals surface area (Å²) in [5, 5.41) is 8.61. The van der Waals surface area contributed by atoms with Gasteiger partial charge in [-0.2, -0.15) is 0 Å². The van der Waals surface area contributed by atoms with Crippen molar-refractivity contribution in [2.75, 3.05) is 75.0 Å². The molecule has 2 atom stereocenters. The molecule has 1 fully saturated rings. The number of carbonyl (C=O) groups is 1. The number of hydrogen-bond acceptors (Lipinski definition) is 9. The van der Waals surface area contributed by atoms with Crippen molar-refractivity contribution in [2.45, 2.75) is 38.1 Å². The minimum atomic E-state index is -1.50. The summed E-state index contributed by atoms with van der Waals surface area (Å²) in [6.45, 7) is 5.69. The summed E-state index contributed by atoms with van der Waals surface area (Å²) < 4.78 is 58.3. The fraction of sp³-hybridized carbons (Fsp3) is 0.500. The second-order valence-electron chi connectivity index (χ2n) is 11.5. The molecule has 0 aliphatic carbocycles. The van der Waals surface area contributed by atoms with Gasteiger partial charge in [0.1, 0.15) is 41.3 Å². The highest BCUT2D eigenvalue weighted by molar-refractivity contribution is 7.86. The zero-order valence-corrected chi connectivity index (χ0v) is 27.4. The van der Waals surface area contributed by atoms with Crippen molar-refractivity contribution in [2.24, 2.45) is 9.98 Å². The van der Waals surface area contributed by atoms with E-state index in [1.54, 1.807) is 12.4 Å². The van der Waals surface area contributed by atoms with E-state index >= 15 is 8.78 Å². The standard InChI is InChI=1S/C32H41F2N7O5S/c1-3-16-47(44)38-26-5-4-25(33)32(30(26)34)41-19-24(22-17-35-21-36-18-22)31-27(41)6-7-28(37-31)39(2)23-8-10-40(11-9-23)12-13-45-14-15-46-20-29(42)43/h4-7,17,19,21-23,38H,3,8-16,18,20H2,1-2H3,(H,42,43). The van der Waals surface area contributed by atoms with Crippen molar-refractivity contribution in [3.8, 4) is 5.69 Å². The normalized spacial score (nSPS) is 17.7. The molecule has 2 aromatic heterocycles. The molecule has 47 heavy (non-hydrogen) atoms. The zero-order chi connectivity index (χ0) is 33.3. The second-order valence-corrected chi connectivity index (χ2v) is 12.8. The Hall–Kier alpha value is -3.79. The van der Waals surface area contributed by atoms with Gasteiger partial charge in [-0.05, 0) is 43.5 Å². The van der Waals surface area contributed by atoms with Crippen molar-refractivity contribution >= 4 is 52.0 Å². The average Bonchev–Trinajstić information content (AvgIpc) is 3.44. The third-order valence-corrected chi connectivity index (χ3v) is 9.54. The number of likely N-dealkylation sites (tertiary alicyclic amines) is 1. The van der Waals surface area contributed by atoms with Gasteiger partial charge in [0, 0.05) is 62.4 Å². The summed E-state index contributed by atoms with van der Waals surface area (Å²) in [6, 6.07) is 6.39. The number of carboxylic acids is 1. The van der Waals surface area contributed by atoms with Gasteiger partial charge in [-0.1, -0.05) is 6.92 Å². The van der Waals surface area contributed by atoms with Crippen LogP contribution in [-0.2, 0) is 25.3 Å². The number of carboxylic acid groups (broad SMARTS) is 1. The van der Waals surface area contributed by atoms with E-state index in [2.05, 4.69) is 24.5 Å². The molecule has 0 amide bonds. The molecule has 2 N–H and O–H groups in total. The van der Waals surface area contributed by atoms with Gasteiger partial charge in [0.25, 0.3) is 0 Å². The largest absolute Gasteiger partial charge is 0.480 e. The van der Waals surface area contributed by atoms with E-state index in [9.17, 15) is 9.00 Å². The van der Waals surface area contributed by atoms with Gasteiger partial charge in [-0.3, -0.25) is 4.99 Å². The number of aliphatic carboxylic acids is 1. The van der Waals surface area contributed by atoms with Crippen LogP contribution in [0.4, 0.5) is 20.3 Å². The Bertz CT molecular complexity index is 1630. The van der Waals surface area contributed by atoms with Gasteiger partial charge in [-0.15, -0.1) is 0 Å². The van der Waals surface area contributed by atoms with Crippen molar-refractivity contribution < 1.29 is 32.4 Å². The number of nitrogens with zero attached hydrogens (tertiary/aromatic N) is 6. The maximum atomic E-state index is 15.9. The van der Waals surface area contributed by atoms with Crippen LogP contribution in [0.2, 0.25) is 0 Å². The Morgan fingerprint density at radius 3 is 2.66 bits per heavy atom. The first-order valence-corrected chi connectivity index (χ1v) is 17.1. The number of ether oxygens (including phenoxy) is 2. The van der Waals surface area contributed by atoms with E-state index < -0.39 is 28.6 Å². The van der Waals surface area contributed by atoms with E-state index in [1.165, 1.54) is 23.0 Å². The Balaban J connectivity index is 1.33. The molecule has 0 saturated carbocycles. The van der Waals surface area contributed by atoms with Crippen LogP contribution in [0, 0.1) is 11.6 Å². The first-order valence-electron chi connectivity index (χ1n) is 15.8. The summed E-state index contributed by atoms with van der Waals surface area (Å²) in [7, 11) is 0.517. The van der Waals surface area contributed by atoms with Crippen molar-refractivity contribution in [1.82, 2.24) is 14.5 Å². The van der Waals surface area contributed by atoms with Gasteiger partial charge < -0.3 is 33.7 Å². The maximum Gasteiger partial charge on any atom is 0.329 e. The molecule has 4 heterocycles. The minimum Gasteiger partial charge on any atom is -0.480 e. The predicted molar refractivity (Wildman–Crippen MR) is 180 cm³/mol. The highest BCUT2D eigenvalue weighted by Gasteiger charge is 2.27. The van der Waals surface area contributed by atoms with Gasteiger partial charge in [0.15, 0.2) is 5.82 Å². The SMILES string of the molecule is CCCS(=O)Nc1ccc(F)c(-n2cc(C3C=NC=NC3)c3nc(N(C)C4CCN(CCOCCOCC(=O)O)CC4)ccc32)c1F. The number of nitrogens with one attached hydrogen (secondary N) is 1. The number of benzene rings is 1. The molecule has 0 radical (unpaired) electrons. The fourth-order valence-electron chi connectivity index (χ4n) is 5.84. The molecule has 15 heteroatoms. The molecule has 1 aromatic carbocycles. The number of aromatic nitrogens is 2. The highest BCUT2D eigenvalue weighted by atomic mass is 32.2. The van der Waals surface area contributed by atoms with E-state index in [0.717, 1.165) is 43.9 Å². The lowest BCUT2D eigenvalue weighted by atomic mass is 10.0. The fourth-order valence-corrected chi connectivity index (χ4v) is 6.71. The van der Waals surface area contributed by atoms with E-state index in [1.807, 2.05) is 26.1 Å². The smallest absolute Gasteiger partial charge is 0.329 e. The molecule has 12 nitrogen and oxygen atoms in total. The van der Waals surface area contributed by atoms with Crippen molar-refractivity contribution in [3.63, 3.8) is 0 Å². The molecule has 2 unspecified atom stereocenters. The summed E-state index contributed by atoms with van der Waals surface area (Å²) in [5.41, 5.74) is 1.59. The quantitative estimate of drug-likeness (QED) is 0.218. The summed E-state index contributed by atoms with van der Waals surface area (Å²) in [6.07, 6.45) is 7.45. The molecule has 0 spiro atoms. The van der Waals surface area contributed by atoms with E-state index in [4.69, 9.17) is 19.6 Å². The number of anilines is 2. The minimum absolute atomic E-state index is 0.0348. The van der Waals surface area contributed by atoms with Gasteiger partial charge >= 0.3 is 5.97 Å². The van der Waals surface area contributed by atoms with E-state index in [0.29, 0.717) is 43.0 Å². The lowest BCUT2D eigenvalue weighted by molar-refractivity contribution is -0.142. The van der Waals surface area contributed by atoms with Gasteiger partial charge in [-0.25, -0.2) is 27.8 Å². The van der Waals surface area contributed by atoms with Crippen molar-refractivity contribution in [3.05, 3.63) is 47.7 Å². The second kappa shape index (κ2) is 16.4. The molecule has 254 valence electrons. The molecule has 1 saturated heterocycles. The third kappa shape index (κ3) is 8.58. The van der Waals surface area contributed by atoms with Crippen LogP contribution in [-0.4, -0.2) is 114 Å². The number of piperidine rings is 1. The summed E-state index contributed by atoms with van der Waals surface area (Å²) in [5.74, 6) is -1.72. The molecular weight excluding hydrogens is 632 g/mol. The zero-order valence-electron chi connectivity index (χ0n) is 26.6. The Kier molecular flexibility index (Phi) is 12.0. The summed E-state index contributed by atoms with van der Waals surface area (Å²) >= 11 is 0. The van der Waals surface area contributed by atoms with Crippen LogP contribution >= 0.6 is 0 Å². The predicted octanol–water partition coefficient (Wildman–Crippen LogP) is 4.00. The number of halogens is 2. The number of rotatable bonds is 16. The lowest BCUT2D eigenvalue weighted by Gasteiger charge is -2.37. The third-order valence-electron chi connectivity index (χ3n) is 8.31. The van der Waals surface area contributed by atoms with E-state index in [-0.39, 0.29) is 36.5 Å². The van der Waals surface area contributed by atoms with Crippen molar-refractivity contribution in [1.29, 1.82) is 0 Å². The molecule has 5 rings (SSSR count). The summed E-state index contributed by atoms with van der Waals surface area (Å²) in [4.78, 5) is 28.6. The number of aliphatic imine (C=N–C) groups is 2. The molecule has 2 aliphatic rings. The maximum absolute atomic E-state index is 15.9. The molecule has 3 aromatic rings. The van der Waals surface area contributed by atoms with Gasteiger partial charge in [0.05, 0.1) is 43.1 Å². The first-order chi connectivity index (χ1) is 22.8. The topological polar surface area (TPSA) is 134 Å². The Morgan fingerprint density at radius 1 is 1.15 bits per heavy atom. The molecule has 0 bridgehead atoms. The first kappa shape index (κ1) is 34.5. The lowest BCUT2D eigenvalue weighted by Crippen LogP contribution is -2.44. The highest BCUT2D eigenvalue weighted by Crippen LogP contribution is 2.35. The number of pyridine rings is 1. The van der Waals surface area contributed by atoms with Crippen LogP contribution in [0.5, 0.6) is 0 Å². The molecule has 2 aliphatic heterocycles. The Labute approximate surface area is 275 Å². The monoisotopic (exact) mass is 673 g/mol. The molecular formula is C32H41F2N7O5S. The average molecular weight is 674 g/mol. The van der Waals surface area contributed by atoms with Crippen LogP contribution in [0.3, 0.4) is 0 Å². The van der Waals surface area contributed by atoms with Crippen LogP contribution < -0.4 is 9.62 Å².